The van der Waals surface area contributed by atoms with Gasteiger partial charge in [-0.25, -0.2) is 27.9 Å². The topological polar surface area (TPSA) is 106 Å². The van der Waals surface area contributed by atoms with Crippen LogP contribution in [0.3, 0.4) is 0 Å². The molecule has 0 fully saturated rings. The first-order valence-corrected chi connectivity index (χ1v) is 12.4. The number of rotatable bonds is 6. The molecule has 0 saturated carbocycles. The molecule has 4 rings (SSSR count). The summed E-state index contributed by atoms with van der Waals surface area (Å²) in [5.41, 5.74) is 5.61. The summed E-state index contributed by atoms with van der Waals surface area (Å²) in [5, 5.41) is 2.56. The predicted octanol–water partition coefficient (Wildman–Crippen LogP) is 3.98. The lowest BCUT2D eigenvalue weighted by molar-refractivity contribution is 0.246. The molecule has 0 aliphatic carbocycles. The first-order chi connectivity index (χ1) is 15.2. The summed E-state index contributed by atoms with van der Waals surface area (Å²) in [7, 11) is -3.93. The first kappa shape index (κ1) is 22.3. The van der Waals surface area contributed by atoms with E-state index in [1.54, 1.807) is 6.33 Å². The van der Waals surface area contributed by atoms with E-state index in [1.807, 2.05) is 53.5 Å². The van der Waals surface area contributed by atoms with Crippen LogP contribution in [-0.4, -0.2) is 35.5 Å². The van der Waals surface area contributed by atoms with E-state index in [4.69, 9.17) is 11.6 Å². The zero-order valence-electron chi connectivity index (χ0n) is 17.3. The van der Waals surface area contributed by atoms with Crippen LogP contribution in [0.4, 0.5) is 4.79 Å². The van der Waals surface area contributed by atoms with E-state index in [9.17, 15) is 13.2 Å². The summed E-state index contributed by atoms with van der Waals surface area (Å²) in [6.45, 7) is 4.25. The van der Waals surface area contributed by atoms with Crippen LogP contribution in [0.25, 0.3) is 16.9 Å². The van der Waals surface area contributed by atoms with Gasteiger partial charge in [-0.3, -0.25) is 4.57 Å². The van der Waals surface area contributed by atoms with Gasteiger partial charge in [0.25, 0.3) is 10.0 Å². The molecule has 0 spiro atoms. The van der Waals surface area contributed by atoms with E-state index >= 15 is 0 Å². The summed E-state index contributed by atoms with van der Waals surface area (Å²) in [4.78, 5) is 21.0. The molecule has 0 unspecified atom stereocenters. The van der Waals surface area contributed by atoms with Crippen LogP contribution in [0.1, 0.15) is 16.8 Å². The molecule has 2 N–H and O–H groups in total. The van der Waals surface area contributed by atoms with Crippen LogP contribution in [0, 0.1) is 13.8 Å². The molecule has 0 radical (unpaired) electrons. The van der Waals surface area contributed by atoms with Crippen molar-refractivity contribution in [1.82, 2.24) is 24.6 Å². The highest BCUT2D eigenvalue weighted by atomic mass is 35.5. The molecule has 3 aromatic heterocycles. The molecule has 4 aromatic rings. The van der Waals surface area contributed by atoms with Gasteiger partial charge >= 0.3 is 6.03 Å². The third kappa shape index (κ3) is 4.77. The van der Waals surface area contributed by atoms with Gasteiger partial charge in [0.15, 0.2) is 5.65 Å². The Morgan fingerprint density at radius 3 is 2.59 bits per heavy atom. The standard InChI is InChI=1S/C21H20ClN5O3S2/c1-13-11-14(2)25-20-19(13)24-12-27(20)16-5-3-15(4-6-16)9-10-23-21(28)26-32(29,30)18-8-7-17(22)31-18/h3-8,11-12H,9-10H2,1-2H3,(H2,23,26,28). The second-order valence-corrected chi connectivity index (χ2v) is 10.8. The number of benzene rings is 1. The largest absolute Gasteiger partial charge is 0.337 e. The Morgan fingerprint density at radius 1 is 1.16 bits per heavy atom. The summed E-state index contributed by atoms with van der Waals surface area (Å²) < 4.78 is 28.5. The zero-order chi connectivity index (χ0) is 22.9. The average molecular weight is 490 g/mol. The molecule has 8 nitrogen and oxygen atoms in total. The van der Waals surface area contributed by atoms with E-state index in [0.717, 1.165) is 45.0 Å². The predicted molar refractivity (Wildman–Crippen MR) is 125 cm³/mol. The van der Waals surface area contributed by atoms with Gasteiger partial charge in [-0.2, -0.15) is 0 Å². The van der Waals surface area contributed by atoms with Gasteiger partial charge in [0.2, 0.25) is 0 Å². The maximum atomic E-state index is 12.1. The van der Waals surface area contributed by atoms with Gasteiger partial charge in [0.05, 0.1) is 4.34 Å². The number of carbonyl (C=O) groups excluding carboxylic acids is 1. The zero-order valence-corrected chi connectivity index (χ0v) is 19.7. The minimum Gasteiger partial charge on any atom is -0.337 e. The molecule has 0 aliphatic rings. The van der Waals surface area contributed by atoms with E-state index in [2.05, 4.69) is 15.3 Å². The highest BCUT2D eigenvalue weighted by molar-refractivity contribution is 7.92. The van der Waals surface area contributed by atoms with Crippen molar-refractivity contribution in [1.29, 1.82) is 0 Å². The normalized spacial score (nSPS) is 11.6. The number of fused-ring (bicyclic) bond motifs is 1. The minimum absolute atomic E-state index is 0.0138. The van der Waals surface area contributed by atoms with Crippen molar-refractivity contribution in [3.05, 3.63) is 69.9 Å². The van der Waals surface area contributed by atoms with E-state index < -0.39 is 16.1 Å². The molecule has 2 amide bonds. The van der Waals surface area contributed by atoms with Crippen molar-refractivity contribution in [3.63, 3.8) is 0 Å². The fourth-order valence-electron chi connectivity index (χ4n) is 3.29. The Morgan fingerprint density at radius 2 is 1.91 bits per heavy atom. The van der Waals surface area contributed by atoms with Crippen LogP contribution in [-0.2, 0) is 16.4 Å². The monoisotopic (exact) mass is 489 g/mol. The number of amides is 2. The highest BCUT2D eigenvalue weighted by Gasteiger charge is 2.19. The number of nitrogens with zero attached hydrogens (tertiary/aromatic N) is 3. The summed E-state index contributed by atoms with van der Waals surface area (Å²) in [6.07, 6.45) is 2.30. The average Bonchev–Trinajstić information content (AvgIpc) is 3.35. The number of imidazole rings is 1. The van der Waals surface area contributed by atoms with Crippen LogP contribution in [0.5, 0.6) is 0 Å². The summed E-state index contributed by atoms with van der Waals surface area (Å²) in [5.74, 6) is 0. The summed E-state index contributed by atoms with van der Waals surface area (Å²) >= 11 is 6.64. The number of halogens is 1. The second kappa shape index (κ2) is 8.89. The maximum absolute atomic E-state index is 12.1. The highest BCUT2D eigenvalue weighted by Crippen LogP contribution is 2.25. The molecule has 0 aliphatic heterocycles. The minimum atomic E-state index is -3.93. The number of pyridine rings is 1. The fourth-order valence-corrected chi connectivity index (χ4v) is 5.70. The molecule has 3 heterocycles. The quantitative estimate of drug-likeness (QED) is 0.426. The SMILES string of the molecule is Cc1cc(C)c2ncn(-c3ccc(CCNC(=O)NS(=O)(=O)c4ccc(Cl)s4)cc3)c2n1. The van der Waals surface area contributed by atoms with Crippen LogP contribution >= 0.6 is 22.9 Å². The van der Waals surface area contributed by atoms with Gasteiger partial charge in [0.1, 0.15) is 16.1 Å². The number of carbonyl (C=O) groups is 1. The number of hydrogen-bond donors (Lipinski definition) is 2. The lowest BCUT2D eigenvalue weighted by Gasteiger charge is -2.09. The second-order valence-electron chi connectivity index (χ2n) is 7.20. The number of thiophene rings is 1. The molecule has 1 aromatic carbocycles. The van der Waals surface area contributed by atoms with Gasteiger partial charge in [0, 0.05) is 17.9 Å². The number of urea groups is 1. The van der Waals surface area contributed by atoms with Crippen molar-refractivity contribution >= 4 is 50.2 Å². The van der Waals surface area contributed by atoms with Gasteiger partial charge in [-0.05, 0) is 61.7 Å². The number of hydrogen-bond acceptors (Lipinski definition) is 6. The summed E-state index contributed by atoms with van der Waals surface area (Å²) in [6, 6.07) is 11.9. The van der Waals surface area contributed by atoms with Gasteiger partial charge in [-0.15, -0.1) is 11.3 Å². The Balaban J connectivity index is 1.36. The number of nitrogens with one attached hydrogen (secondary N) is 2. The van der Waals surface area contributed by atoms with Crippen molar-refractivity contribution < 1.29 is 13.2 Å². The molecule has 0 bridgehead atoms. The Labute approximate surface area is 194 Å². The Kier molecular flexibility index (Phi) is 6.18. The van der Waals surface area contributed by atoms with Gasteiger partial charge < -0.3 is 5.32 Å². The molecule has 32 heavy (non-hydrogen) atoms. The maximum Gasteiger partial charge on any atom is 0.328 e. The smallest absolute Gasteiger partial charge is 0.328 e. The third-order valence-electron chi connectivity index (χ3n) is 4.78. The first-order valence-electron chi connectivity index (χ1n) is 9.69. The van der Waals surface area contributed by atoms with Crippen molar-refractivity contribution in [2.75, 3.05) is 6.54 Å². The molecular weight excluding hydrogens is 470 g/mol. The Bertz CT molecular complexity index is 1390. The lowest BCUT2D eigenvalue weighted by Crippen LogP contribution is -2.39. The fraction of sp³-hybridized carbons (Fsp3) is 0.190. The molecule has 11 heteroatoms. The number of aryl methyl sites for hydroxylation is 2. The molecular formula is C21H20ClN5O3S2. The van der Waals surface area contributed by atoms with Crippen molar-refractivity contribution in [3.8, 4) is 5.69 Å². The lowest BCUT2D eigenvalue weighted by atomic mass is 10.1. The molecule has 0 atom stereocenters. The molecule has 0 saturated heterocycles. The van der Waals surface area contributed by atoms with Crippen LogP contribution < -0.4 is 10.0 Å². The van der Waals surface area contributed by atoms with Crippen molar-refractivity contribution in [2.24, 2.45) is 0 Å². The number of sulfonamides is 1. The van der Waals surface area contributed by atoms with E-state index in [1.165, 1.54) is 12.1 Å². The molecule has 166 valence electrons. The number of aromatic nitrogens is 3. The van der Waals surface area contributed by atoms with Crippen LogP contribution in [0.15, 0.2) is 53.0 Å². The van der Waals surface area contributed by atoms with E-state index in [-0.39, 0.29) is 10.8 Å². The van der Waals surface area contributed by atoms with Gasteiger partial charge in [-0.1, -0.05) is 23.7 Å². The van der Waals surface area contributed by atoms with E-state index in [0.29, 0.717) is 10.8 Å². The van der Waals surface area contributed by atoms with Crippen LogP contribution in [0.2, 0.25) is 4.34 Å². The third-order valence-corrected chi connectivity index (χ3v) is 7.83. The Hall–Kier alpha value is -2.95. The van der Waals surface area contributed by atoms with Crippen molar-refractivity contribution in [2.45, 2.75) is 24.5 Å².